The number of nitrogens with zero attached hydrogens (tertiary/aromatic N) is 1. The van der Waals surface area contributed by atoms with E-state index < -0.39 is 0 Å². The maximum absolute atomic E-state index is 12.4. The third-order valence-corrected chi connectivity index (χ3v) is 4.54. The molecule has 0 spiro atoms. The summed E-state index contributed by atoms with van der Waals surface area (Å²) in [6, 6.07) is 13.0. The second kappa shape index (κ2) is 6.68. The fourth-order valence-corrected chi connectivity index (χ4v) is 3.38. The molecule has 1 aromatic heterocycles. The van der Waals surface area contributed by atoms with E-state index in [0.29, 0.717) is 28.5 Å². The molecule has 0 unspecified atom stereocenters. The van der Waals surface area contributed by atoms with Crippen molar-refractivity contribution in [2.75, 3.05) is 11.1 Å². The molecule has 0 atom stereocenters. The number of anilines is 1. The van der Waals surface area contributed by atoms with E-state index in [1.54, 1.807) is 36.2 Å². The van der Waals surface area contributed by atoms with Gasteiger partial charge in [-0.1, -0.05) is 30.8 Å². The molecular weight excluding hydrogens is 310 g/mol. The van der Waals surface area contributed by atoms with E-state index in [9.17, 15) is 4.79 Å². The van der Waals surface area contributed by atoms with Crippen molar-refractivity contribution >= 4 is 29.2 Å². The van der Waals surface area contributed by atoms with E-state index in [0.717, 1.165) is 10.5 Å². The van der Waals surface area contributed by atoms with Crippen molar-refractivity contribution in [2.24, 2.45) is 5.90 Å². The Balaban J connectivity index is 1.89. The summed E-state index contributed by atoms with van der Waals surface area (Å²) in [4.78, 5) is 22.6. The summed E-state index contributed by atoms with van der Waals surface area (Å²) in [7, 11) is 0. The minimum Gasteiger partial charge on any atom is -0.410 e. The lowest BCUT2D eigenvalue weighted by atomic mass is 10.0. The van der Waals surface area contributed by atoms with Crippen molar-refractivity contribution in [3.05, 3.63) is 72.0 Å². The van der Waals surface area contributed by atoms with Gasteiger partial charge in [0.05, 0.1) is 0 Å². The molecule has 116 valence electrons. The fourth-order valence-electron chi connectivity index (χ4n) is 2.28. The smallest absolute Gasteiger partial charge is 0.256 e. The number of aromatic nitrogens is 1. The molecule has 0 fully saturated rings. The van der Waals surface area contributed by atoms with Crippen molar-refractivity contribution in [2.45, 2.75) is 4.90 Å². The number of pyridine rings is 1. The van der Waals surface area contributed by atoms with Crippen LogP contribution in [0, 0.1) is 0 Å². The summed E-state index contributed by atoms with van der Waals surface area (Å²) >= 11 is 1.62. The number of carbonyl (C=O) groups is 1. The van der Waals surface area contributed by atoms with Crippen molar-refractivity contribution in [1.29, 1.82) is 0 Å². The lowest BCUT2D eigenvalue weighted by Crippen LogP contribution is -2.19. The average Bonchev–Trinajstić information content (AvgIpc) is 2.60. The maximum Gasteiger partial charge on any atom is 0.256 e. The number of hydrogen-bond donors (Lipinski definition) is 2. The Morgan fingerprint density at radius 1 is 1.26 bits per heavy atom. The molecule has 5 nitrogen and oxygen atoms in total. The van der Waals surface area contributed by atoms with Crippen LogP contribution in [0.5, 0.6) is 0 Å². The van der Waals surface area contributed by atoms with Gasteiger partial charge in [0, 0.05) is 33.6 Å². The molecule has 0 radical (unpaired) electrons. The zero-order chi connectivity index (χ0) is 16.2. The van der Waals surface area contributed by atoms with Gasteiger partial charge in [-0.3, -0.25) is 4.79 Å². The molecule has 0 bridgehead atoms. The molecule has 2 heterocycles. The summed E-state index contributed by atoms with van der Waals surface area (Å²) < 4.78 is 0. The first-order valence-corrected chi connectivity index (χ1v) is 7.93. The molecular formula is C17H15N3O2S. The topological polar surface area (TPSA) is 77.2 Å². The van der Waals surface area contributed by atoms with Crippen molar-refractivity contribution in [3.63, 3.8) is 0 Å². The van der Waals surface area contributed by atoms with Crippen LogP contribution >= 0.6 is 11.8 Å². The molecule has 1 aliphatic heterocycles. The molecule has 2 aromatic rings. The van der Waals surface area contributed by atoms with E-state index in [1.807, 2.05) is 24.3 Å². The van der Waals surface area contributed by atoms with Gasteiger partial charge in [-0.05, 0) is 18.2 Å². The standard InChI is InChI=1S/C17H15N3O2S/c1-11(17(21)20-15-8-4-5-9-19-15)13-10-23-14-7-3-2-6-12(14)16(13)22-18/h2-9H,1,10,18H2,(H,19,20,21). The van der Waals surface area contributed by atoms with Gasteiger partial charge in [0.25, 0.3) is 5.91 Å². The lowest BCUT2D eigenvalue weighted by Gasteiger charge is -2.22. The predicted molar refractivity (Wildman–Crippen MR) is 91.4 cm³/mol. The number of nitrogens with two attached hydrogens (primary N) is 1. The number of hydrogen-bond acceptors (Lipinski definition) is 5. The van der Waals surface area contributed by atoms with Crippen LogP contribution in [0.1, 0.15) is 5.56 Å². The fraction of sp³-hybridized carbons (Fsp3) is 0.0588. The van der Waals surface area contributed by atoms with Gasteiger partial charge in [-0.15, -0.1) is 11.8 Å². The van der Waals surface area contributed by atoms with E-state index in [4.69, 9.17) is 10.7 Å². The highest BCUT2D eigenvalue weighted by Crippen LogP contribution is 2.39. The van der Waals surface area contributed by atoms with Gasteiger partial charge in [-0.25, -0.2) is 4.98 Å². The van der Waals surface area contributed by atoms with E-state index in [2.05, 4.69) is 16.9 Å². The Labute approximate surface area is 138 Å². The van der Waals surface area contributed by atoms with Gasteiger partial charge >= 0.3 is 0 Å². The summed E-state index contributed by atoms with van der Waals surface area (Å²) in [5, 5.41) is 2.72. The Morgan fingerprint density at radius 3 is 2.78 bits per heavy atom. The van der Waals surface area contributed by atoms with Gasteiger partial charge in [-0.2, -0.15) is 5.90 Å². The molecule has 1 aliphatic rings. The molecule has 0 aliphatic carbocycles. The number of amides is 1. The van der Waals surface area contributed by atoms with Crippen LogP contribution in [-0.4, -0.2) is 16.6 Å². The zero-order valence-corrected chi connectivity index (χ0v) is 13.1. The third kappa shape index (κ3) is 3.13. The van der Waals surface area contributed by atoms with Gasteiger partial charge in [0.2, 0.25) is 0 Å². The van der Waals surface area contributed by atoms with Crippen LogP contribution in [0.25, 0.3) is 5.76 Å². The molecule has 6 heteroatoms. The third-order valence-electron chi connectivity index (χ3n) is 3.44. The number of benzene rings is 1. The molecule has 1 amide bonds. The molecule has 1 aromatic carbocycles. The van der Waals surface area contributed by atoms with Crippen LogP contribution in [0.4, 0.5) is 5.82 Å². The first-order chi connectivity index (χ1) is 11.2. The second-order valence-electron chi connectivity index (χ2n) is 4.86. The first-order valence-electron chi connectivity index (χ1n) is 6.94. The normalized spacial score (nSPS) is 13.3. The highest BCUT2D eigenvalue weighted by Gasteiger charge is 2.25. The van der Waals surface area contributed by atoms with Gasteiger partial charge < -0.3 is 10.2 Å². The molecule has 0 saturated carbocycles. The Bertz CT molecular complexity index is 787. The molecule has 3 rings (SSSR count). The highest BCUT2D eigenvalue weighted by atomic mass is 32.2. The van der Waals surface area contributed by atoms with Crippen LogP contribution in [0.2, 0.25) is 0 Å². The highest BCUT2D eigenvalue weighted by molar-refractivity contribution is 7.99. The van der Waals surface area contributed by atoms with Gasteiger partial charge in [0.1, 0.15) is 5.82 Å². The Morgan fingerprint density at radius 2 is 2.04 bits per heavy atom. The van der Waals surface area contributed by atoms with Crippen LogP contribution in [0.15, 0.2) is 71.3 Å². The summed E-state index contributed by atoms with van der Waals surface area (Å²) in [5.74, 6) is 6.65. The first kappa shape index (κ1) is 15.3. The quantitative estimate of drug-likeness (QED) is 0.667. The number of carbonyl (C=O) groups excluding carboxylic acids is 1. The van der Waals surface area contributed by atoms with E-state index >= 15 is 0 Å². The van der Waals surface area contributed by atoms with Crippen LogP contribution in [-0.2, 0) is 9.63 Å². The summed E-state index contributed by atoms with van der Waals surface area (Å²) in [5.41, 5.74) is 1.87. The van der Waals surface area contributed by atoms with Gasteiger partial charge in [0.15, 0.2) is 5.76 Å². The lowest BCUT2D eigenvalue weighted by molar-refractivity contribution is -0.112. The largest absolute Gasteiger partial charge is 0.410 e. The monoisotopic (exact) mass is 325 g/mol. The number of thioether (sulfide) groups is 1. The SMILES string of the molecule is C=C(C(=O)Nc1ccccn1)C1=C(ON)c2ccccc2SC1. The second-order valence-corrected chi connectivity index (χ2v) is 5.88. The number of nitrogens with one attached hydrogen (secondary N) is 1. The minimum atomic E-state index is -0.326. The number of rotatable bonds is 4. The molecule has 0 saturated heterocycles. The Kier molecular flexibility index (Phi) is 4.45. The number of fused-ring (bicyclic) bond motifs is 1. The van der Waals surface area contributed by atoms with E-state index in [-0.39, 0.29) is 5.91 Å². The van der Waals surface area contributed by atoms with Crippen molar-refractivity contribution in [3.8, 4) is 0 Å². The molecule has 3 N–H and O–H groups in total. The maximum atomic E-state index is 12.4. The minimum absolute atomic E-state index is 0.318. The summed E-state index contributed by atoms with van der Waals surface area (Å²) in [6.45, 7) is 3.90. The van der Waals surface area contributed by atoms with E-state index in [1.165, 1.54) is 0 Å². The van der Waals surface area contributed by atoms with Crippen LogP contribution in [0.3, 0.4) is 0 Å². The zero-order valence-electron chi connectivity index (χ0n) is 12.3. The Hall–Kier alpha value is -2.57. The van der Waals surface area contributed by atoms with Crippen LogP contribution < -0.4 is 11.2 Å². The average molecular weight is 325 g/mol. The summed E-state index contributed by atoms with van der Waals surface area (Å²) in [6.07, 6.45) is 1.61. The van der Waals surface area contributed by atoms with Crippen molar-refractivity contribution in [1.82, 2.24) is 4.98 Å². The molecule has 23 heavy (non-hydrogen) atoms. The van der Waals surface area contributed by atoms with Crippen molar-refractivity contribution < 1.29 is 9.63 Å². The predicted octanol–water partition coefficient (Wildman–Crippen LogP) is 2.98.